The molecule has 0 radical (unpaired) electrons. The first-order valence-electron chi connectivity index (χ1n) is 5.60. The predicted octanol–water partition coefficient (Wildman–Crippen LogP) is 5.27. The molecule has 1 N–H and O–H groups in total. The summed E-state index contributed by atoms with van der Waals surface area (Å²) in [6, 6.07) is 13.3. The first kappa shape index (κ1) is 12.6. The summed E-state index contributed by atoms with van der Waals surface area (Å²) in [6.07, 6.45) is 0. The monoisotopic (exact) mass is 306 g/mol. The molecule has 0 saturated heterocycles. The predicted molar refractivity (Wildman–Crippen MR) is 82.4 cm³/mol. The topological polar surface area (TPSA) is 28.7 Å². The smallest absolute Gasteiger partial charge is 0.127 e. The van der Waals surface area contributed by atoms with Crippen LogP contribution in [0.5, 0.6) is 0 Å². The van der Waals surface area contributed by atoms with Gasteiger partial charge in [-0.25, -0.2) is 0 Å². The standard InChI is InChI=1S/C14H8Cl2N2S/c15-11-7-3-6-10(12(11)16)13-8-4-1-2-5-9(8)14(19)18-17-13/h1-7H,(H,18,19). The summed E-state index contributed by atoms with van der Waals surface area (Å²) in [4.78, 5) is 0. The molecule has 1 aromatic heterocycles. The Kier molecular flexibility index (Phi) is 3.27. The van der Waals surface area contributed by atoms with Crippen molar-refractivity contribution in [2.24, 2.45) is 0 Å². The number of aromatic amines is 1. The third-order valence-electron chi connectivity index (χ3n) is 2.90. The second-order valence-corrected chi connectivity index (χ2v) is 5.24. The summed E-state index contributed by atoms with van der Waals surface area (Å²) in [7, 11) is 0. The lowest BCUT2D eigenvalue weighted by molar-refractivity contribution is 1.04. The molecule has 2 nitrogen and oxygen atoms in total. The molecule has 0 amide bonds. The number of aromatic nitrogens is 2. The highest BCUT2D eigenvalue weighted by molar-refractivity contribution is 7.71. The molecule has 2 aromatic carbocycles. The summed E-state index contributed by atoms with van der Waals surface area (Å²) >= 11 is 17.6. The second kappa shape index (κ2) is 4.93. The Bertz CT molecular complexity index is 827. The molecule has 0 aliphatic heterocycles. The van der Waals surface area contributed by atoms with E-state index in [0.29, 0.717) is 14.7 Å². The summed E-state index contributed by atoms with van der Waals surface area (Å²) in [5.74, 6) is 0. The van der Waals surface area contributed by atoms with E-state index in [-0.39, 0.29) is 0 Å². The molecule has 0 aliphatic carbocycles. The van der Waals surface area contributed by atoms with Crippen LogP contribution in [0.15, 0.2) is 42.5 Å². The van der Waals surface area contributed by atoms with Gasteiger partial charge >= 0.3 is 0 Å². The number of hydrogen-bond donors (Lipinski definition) is 1. The van der Waals surface area contributed by atoms with Gasteiger partial charge < -0.3 is 0 Å². The first-order chi connectivity index (χ1) is 9.18. The number of nitrogens with zero attached hydrogens (tertiary/aromatic N) is 1. The molecule has 0 aliphatic rings. The molecule has 0 unspecified atom stereocenters. The van der Waals surface area contributed by atoms with Gasteiger partial charge in [0.05, 0.1) is 10.0 Å². The van der Waals surface area contributed by atoms with E-state index in [0.717, 1.165) is 22.0 Å². The number of rotatable bonds is 1. The third kappa shape index (κ3) is 2.14. The Morgan fingerprint density at radius 2 is 1.68 bits per heavy atom. The fourth-order valence-electron chi connectivity index (χ4n) is 2.01. The van der Waals surface area contributed by atoms with Crippen molar-refractivity contribution < 1.29 is 0 Å². The Balaban J connectivity index is 2.41. The van der Waals surface area contributed by atoms with Crippen LogP contribution in [-0.2, 0) is 0 Å². The lowest BCUT2D eigenvalue weighted by Gasteiger charge is -2.08. The van der Waals surface area contributed by atoms with Gasteiger partial charge in [0.25, 0.3) is 0 Å². The van der Waals surface area contributed by atoms with Crippen LogP contribution < -0.4 is 0 Å². The van der Waals surface area contributed by atoms with Crippen molar-refractivity contribution in [2.45, 2.75) is 0 Å². The average Bonchev–Trinajstić information content (AvgIpc) is 2.43. The van der Waals surface area contributed by atoms with Gasteiger partial charge in [-0.1, -0.05) is 71.8 Å². The summed E-state index contributed by atoms with van der Waals surface area (Å²) < 4.78 is 0.609. The van der Waals surface area contributed by atoms with Crippen LogP contribution >= 0.6 is 35.4 Å². The van der Waals surface area contributed by atoms with E-state index in [2.05, 4.69) is 10.2 Å². The van der Waals surface area contributed by atoms with Crippen molar-refractivity contribution in [1.82, 2.24) is 10.2 Å². The Morgan fingerprint density at radius 1 is 0.947 bits per heavy atom. The molecule has 3 rings (SSSR count). The maximum absolute atomic E-state index is 6.26. The van der Waals surface area contributed by atoms with Gasteiger partial charge in [-0.3, -0.25) is 5.10 Å². The quantitative estimate of drug-likeness (QED) is 0.621. The number of halogens is 2. The largest absolute Gasteiger partial charge is 0.267 e. The summed E-state index contributed by atoms with van der Waals surface area (Å²) in [6.45, 7) is 0. The number of fused-ring (bicyclic) bond motifs is 1. The summed E-state index contributed by atoms with van der Waals surface area (Å²) in [5, 5.41) is 10.1. The van der Waals surface area contributed by atoms with Gasteiger partial charge in [0.2, 0.25) is 0 Å². The van der Waals surface area contributed by atoms with Crippen molar-refractivity contribution in [3.8, 4) is 11.3 Å². The Morgan fingerprint density at radius 3 is 2.47 bits per heavy atom. The fourth-order valence-corrected chi connectivity index (χ4v) is 2.62. The van der Waals surface area contributed by atoms with E-state index in [1.807, 2.05) is 36.4 Å². The highest BCUT2D eigenvalue weighted by Crippen LogP contribution is 2.35. The third-order valence-corrected chi connectivity index (χ3v) is 4.03. The van der Waals surface area contributed by atoms with Crippen molar-refractivity contribution >= 4 is 46.2 Å². The van der Waals surface area contributed by atoms with Crippen LogP contribution in [0.1, 0.15) is 0 Å². The van der Waals surface area contributed by atoms with E-state index < -0.39 is 0 Å². The highest BCUT2D eigenvalue weighted by atomic mass is 35.5. The maximum Gasteiger partial charge on any atom is 0.127 e. The van der Waals surface area contributed by atoms with Crippen LogP contribution in [0.4, 0.5) is 0 Å². The molecule has 1 heterocycles. The van der Waals surface area contributed by atoms with Crippen molar-refractivity contribution in [3.63, 3.8) is 0 Å². The van der Waals surface area contributed by atoms with Gasteiger partial charge in [0.1, 0.15) is 10.3 Å². The molecular formula is C14H8Cl2N2S. The normalized spacial score (nSPS) is 10.8. The van der Waals surface area contributed by atoms with Gasteiger partial charge in [-0.15, -0.1) is 0 Å². The SMILES string of the molecule is S=c1[nH]nc(-c2cccc(Cl)c2Cl)c2ccccc12. The molecule has 3 aromatic rings. The zero-order chi connectivity index (χ0) is 13.4. The minimum atomic E-state index is 0.493. The Labute approximate surface area is 125 Å². The van der Waals surface area contributed by atoms with Crippen molar-refractivity contribution in [2.75, 3.05) is 0 Å². The minimum absolute atomic E-state index is 0.493. The number of benzene rings is 2. The van der Waals surface area contributed by atoms with Gasteiger partial charge in [0, 0.05) is 16.3 Å². The van der Waals surface area contributed by atoms with E-state index in [4.69, 9.17) is 35.4 Å². The lowest BCUT2D eigenvalue weighted by atomic mass is 10.1. The number of nitrogens with one attached hydrogen (secondary N) is 1. The van der Waals surface area contributed by atoms with Gasteiger partial charge in [0.15, 0.2) is 0 Å². The molecule has 19 heavy (non-hydrogen) atoms. The summed E-state index contributed by atoms with van der Waals surface area (Å²) in [5.41, 5.74) is 1.54. The maximum atomic E-state index is 6.26. The zero-order valence-electron chi connectivity index (χ0n) is 9.65. The van der Waals surface area contributed by atoms with Crippen LogP contribution in [0.2, 0.25) is 10.0 Å². The molecule has 94 valence electrons. The fraction of sp³-hybridized carbons (Fsp3) is 0. The van der Waals surface area contributed by atoms with Crippen molar-refractivity contribution in [1.29, 1.82) is 0 Å². The molecule has 5 heteroatoms. The van der Waals surface area contributed by atoms with Crippen LogP contribution in [-0.4, -0.2) is 10.2 Å². The van der Waals surface area contributed by atoms with Crippen LogP contribution in [0.3, 0.4) is 0 Å². The lowest BCUT2D eigenvalue weighted by Crippen LogP contribution is -1.92. The Hall–Kier alpha value is -1.42. The molecule has 0 spiro atoms. The number of H-pyrrole nitrogens is 1. The second-order valence-electron chi connectivity index (χ2n) is 4.05. The van der Waals surface area contributed by atoms with E-state index in [1.54, 1.807) is 6.07 Å². The minimum Gasteiger partial charge on any atom is -0.267 e. The molecule has 0 bridgehead atoms. The first-order valence-corrected chi connectivity index (χ1v) is 6.76. The van der Waals surface area contributed by atoms with Crippen LogP contribution in [0, 0.1) is 4.64 Å². The molecule has 0 fully saturated rings. The van der Waals surface area contributed by atoms with E-state index in [9.17, 15) is 0 Å². The van der Waals surface area contributed by atoms with Crippen molar-refractivity contribution in [3.05, 3.63) is 57.2 Å². The molecular weight excluding hydrogens is 299 g/mol. The van der Waals surface area contributed by atoms with Crippen LogP contribution in [0.25, 0.3) is 22.0 Å². The number of hydrogen-bond acceptors (Lipinski definition) is 2. The highest BCUT2D eigenvalue weighted by Gasteiger charge is 2.12. The van der Waals surface area contributed by atoms with Gasteiger partial charge in [-0.2, -0.15) is 5.10 Å². The zero-order valence-corrected chi connectivity index (χ0v) is 12.0. The average molecular weight is 307 g/mol. The van der Waals surface area contributed by atoms with Gasteiger partial charge in [-0.05, 0) is 6.07 Å². The molecule has 0 saturated carbocycles. The molecule has 0 atom stereocenters. The van der Waals surface area contributed by atoms with E-state index >= 15 is 0 Å². The van der Waals surface area contributed by atoms with E-state index in [1.165, 1.54) is 0 Å².